The molecular weight excluding hydrogens is 486 g/mol. The molecule has 0 spiro atoms. The molecule has 3 heterocycles. The lowest BCUT2D eigenvalue weighted by Crippen LogP contribution is -2.73. The number of fused-ring (bicyclic) bond motifs is 1. The number of benzene rings is 3. The molecule has 3 aliphatic rings. The Balaban J connectivity index is 1.32. The van der Waals surface area contributed by atoms with Crippen molar-refractivity contribution in [2.75, 3.05) is 12.0 Å². The maximum Gasteiger partial charge on any atom is 0.270 e. The molecule has 198 valence electrons. The number of anilines is 1. The highest BCUT2D eigenvalue weighted by Gasteiger charge is 2.64. The molecule has 3 fully saturated rings. The van der Waals surface area contributed by atoms with Crippen LogP contribution in [0.15, 0.2) is 84.9 Å². The predicted molar refractivity (Wildman–Crippen MR) is 139 cm³/mol. The van der Waals surface area contributed by atoms with Crippen LogP contribution in [0.4, 0.5) is 5.69 Å². The molecule has 6 atom stereocenters. The van der Waals surface area contributed by atoms with E-state index in [4.69, 9.17) is 28.4 Å². The van der Waals surface area contributed by atoms with Crippen molar-refractivity contribution in [1.29, 1.82) is 0 Å². The Bertz CT molecular complexity index is 1250. The average Bonchev–Trinajstić information content (AvgIpc) is 3.41. The van der Waals surface area contributed by atoms with E-state index in [2.05, 4.69) is 0 Å². The second-order valence-electron chi connectivity index (χ2n) is 10.1. The maximum atomic E-state index is 13.5. The van der Waals surface area contributed by atoms with E-state index in [1.54, 1.807) is 12.0 Å². The van der Waals surface area contributed by atoms with Gasteiger partial charge in [-0.3, -0.25) is 9.69 Å². The van der Waals surface area contributed by atoms with Crippen molar-refractivity contribution < 1.29 is 33.2 Å². The van der Waals surface area contributed by atoms with Crippen LogP contribution in [0, 0.1) is 0 Å². The van der Waals surface area contributed by atoms with E-state index in [1.165, 1.54) is 0 Å². The standard InChI is InChI=1S/C30H31NO7/c1-30(2)37-27-26(34-18-19-10-6-4-7-11-19)24(36-29(27)38-30)23-25(35-22-12-8-5-9-13-22)28(32)31(23)20-14-16-21(33-3)17-15-20/h4-17,23-27,29H,18H2,1-3H3/t23-,24-,25+,26+,27-,29-/m1/s1. The van der Waals surface area contributed by atoms with Crippen LogP contribution >= 0.6 is 0 Å². The summed E-state index contributed by atoms with van der Waals surface area (Å²) < 4.78 is 36.8. The molecule has 0 N–H and O–H groups in total. The number of hydrogen-bond donors (Lipinski definition) is 0. The molecule has 0 aliphatic carbocycles. The smallest absolute Gasteiger partial charge is 0.270 e. The quantitative estimate of drug-likeness (QED) is 0.412. The number of carbonyl (C=O) groups is 1. The lowest BCUT2D eigenvalue weighted by atomic mass is 9.88. The molecule has 3 saturated heterocycles. The van der Waals surface area contributed by atoms with Gasteiger partial charge in [0.15, 0.2) is 12.1 Å². The first-order valence-electron chi connectivity index (χ1n) is 12.8. The van der Waals surface area contributed by atoms with Crippen molar-refractivity contribution in [3.05, 3.63) is 90.5 Å². The minimum absolute atomic E-state index is 0.159. The van der Waals surface area contributed by atoms with Gasteiger partial charge in [0.1, 0.15) is 35.9 Å². The van der Waals surface area contributed by atoms with Crippen molar-refractivity contribution in [2.45, 2.75) is 63.0 Å². The van der Waals surface area contributed by atoms with Crippen LogP contribution in [0.25, 0.3) is 0 Å². The molecule has 3 aliphatic heterocycles. The largest absolute Gasteiger partial charge is 0.497 e. The van der Waals surface area contributed by atoms with E-state index in [0.717, 1.165) is 11.3 Å². The summed E-state index contributed by atoms with van der Waals surface area (Å²) in [5, 5.41) is 0. The second kappa shape index (κ2) is 10.0. The lowest BCUT2D eigenvalue weighted by Gasteiger charge is -2.49. The van der Waals surface area contributed by atoms with Crippen molar-refractivity contribution in [1.82, 2.24) is 0 Å². The SMILES string of the molecule is COc1ccc(N2C(=O)[C@@H](Oc3ccccc3)[C@H]2[C@H]2O[C@@H]3OC(C)(C)O[C@@H]3[C@H]2OCc2ccccc2)cc1. The Hall–Kier alpha value is -3.43. The number of rotatable bonds is 8. The topological polar surface area (TPSA) is 75.7 Å². The van der Waals surface area contributed by atoms with Crippen LogP contribution in [-0.2, 0) is 30.3 Å². The second-order valence-corrected chi connectivity index (χ2v) is 10.1. The van der Waals surface area contributed by atoms with Gasteiger partial charge >= 0.3 is 0 Å². The average molecular weight is 518 g/mol. The summed E-state index contributed by atoms with van der Waals surface area (Å²) in [7, 11) is 1.61. The van der Waals surface area contributed by atoms with Crippen molar-refractivity contribution >= 4 is 11.6 Å². The summed E-state index contributed by atoms with van der Waals surface area (Å²) in [5.41, 5.74) is 1.75. The lowest BCUT2D eigenvalue weighted by molar-refractivity contribution is -0.226. The first-order valence-corrected chi connectivity index (χ1v) is 12.8. The molecule has 8 nitrogen and oxygen atoms in total. The van der Waals surface area contributed by atoms with Gasteiger partial charge in [-0.1, -0.05) is 48.5 Å². The van der Waals surface area contributed by atoms with Gasteiger partial charge in [-0.05, 0) is 55.8 Å². The van der Waals surface area contributed by atoms with E-state index in [1.807, 2.05) is 98.8 Å². The van der Waals surface area contributed by atoms with Gasteiger partial charge in [0.05, 0.1) is 13.7 Å². The first kappa shape index (κ1) is 24.9. The van der Waals surface area contributed by atoms with Crippen LogP contribution in [0.5, 0.6) is 11.5 Å². The molecular formula is C30H31NO7. The summed E-state index contributed by atoms with van der Waals surface area (Å²) >= 11 is 0. The number of hydrogen-bond acceptors (Lipinski definition) is 7. The molecule has 0 unspecified atom stereocenters. The number of methoxy groups -OCH3 is 1. The molecule has 8 heteroatoms. The fourth-order valence-corrected chi connectivity index (χ4v) is 5.35. The first-order chi connectivity index (χ1) is 18.4. The number of carbonyl (C=O) groups excluding carboxylic acids is 1. The summed E-state index contributed by atoms with van der Waals surface area (Å²) in [6.45, 7) is 4.08. The van der Waals surface area contributed by atoms with Crippen LogP contribution in [0.1, 0.15) is 19.4 Å². The highest BCUT2D eigenvalue weighted by molar-refractivity contribution is 6.05. The number of amides is 1. The Morgan fingerprint density at radius 3 is 2.21 bits per heavy atom. The van der Waals surface area contributed by atoms with E-state index in [9.17, 15) is 4.79 Å². The molecule has 3 aromatic carbocycles. The monoisotopic (exact) mass is 517 g/mol. The number of ether oxygens (including phenoxy) is 6. The van der Waals surface area contributed by atoms with Crippen LogP contribution in [-0.4, -0.2) is 55.6 Å². The van der Waals surface area contributed by atoms with Gasteiger partial charge < -0.3 is 28.4 Å². The number of β-lactam (4-membered cyclic amide) rings is 1. The summed E-state index contributed by atoms with van der Waals surface area (Å²) in [5.74, 6) is 0.349. The van der Waals surface area contributed by atoms with Crippen molar-refractivity contribution in [2.24, 2.45) is 0 Å². The van der Waals surface area contributed by atoms with Gasteiger partial charge in [-0.15, -0.1) is 0 Å². The Kier molecular flexibility index (Phi) is 6.57. The Morgan fingerprint density at radius 1 is 0.842 bits per heavy atom. The fraction of sp³-hybridized carbons (Fsp3) is 0.367. The molecule has 38 heavy (non-hydrogen) atoms. The van der Waals surface area contributed by atoms with Crippen LogP contribution in [0.2, 0.25) is 0 Å². The van der Waals surface area contributed by atoms with Gasteiger partial charge in [0.2, 0.25) is 6.10 Å². The van der Waals surface area contributed by atoms with E-state index < -0.39 is 42.5 Å². The summed E-state index contributed by atoms with van der Waals surface area (Å²) in [4.78, 5) is 15.2. The molecule has 3 aromatic rings. The van der Waals surface area contributed by atoms with E-state index >= 15 is 0 Å². The highest BCUT2D eigenvalue weighted by atomic mass is 16.8. The molecule has 6 rings (SSSR count). The van der Waals surface area contributed by atoms with E-state index in [-0.39, 0.29) is 5.91 Å². The normalized spacial score (nSPS) is 29.6. The van der Waals surface area contributed by atoms with Gasteiger partial charge in [0, 0.05) is 5.69 Å². The zero-order chi connectivity index (χ0) is 26.3. The van der Waals surface area contributed by atoms with Crippen molar-refractivity contribution in [3.8, 4) is 11.5 Å². The fourth-order valence-electron chi connectivity index (χ4n) is 5.35. The molecule has 0 saturated carbocycles. The molecule has 0 bridgehead atoms. The van der Waals surface area contributed by atoms with Gasteiger partial charge in [-0.25, -0.2) is 0 Å². The predicted octanol–water partition coefficient (Wildman–Crippen LogP) is 4.32. The van der Waals surface area contributed by atoms with Gasteiger partial charge in [-0.2, -0.15) is 0 Å². The Morgan fingerprint density at radius 2 is 1.53 bits per heavy atom. The summed E-state index contributed by atoms with van der Waals surface area (Å²) in [6.07, 6.45) is -2.90. The third-order valence-corrected chi connectivity index (χ3v) is 7.09. The highest BCUT2D eigenvalue weighted by Crippen LogP contribution is 2.45. The minimum atomic E-state index is -0.806. The molecule has 0 aromatic heterocycles. The molecule has 0 radical (unpaired) electrons. The van der Waals surface area contributed by atoms with Crippen LogP contribution < -0.4 is 14.4 Å². The number of nitrogens with zero attached hydrogens (tertiary/aromatic N) is 1. The van der Waals surface area contributed by atoms with E-state index in [0.29, 0.717) is 18.1 Å². The zero-order valence-electron chi connectivity index (χ0n) is 21.6. The van der Waals surface area contributed by atoms with Crippen molar-refractivity contribution in [3.63, 3.8) is 0 Å². The van der Waals surface area contributed by atoms with Gasteiger partial charge in [0.25, 0.3) is 5.91 Å². The summed E-state index contributed by atoms with van der Waals surface area (Å²) in [6, 6.07) is 26.2. The molecule has 1 amide bonds. The van der Waals surface area contributed by atoms with Crippen LogP contribution in [0.3, 0.4) is 0 Å². The maximum absolute atomic E-state index is 13.5. The zero-order valence-corrected chi connectivity index (χ0v) is 21.6. The Labute approximate surface area is 222 Å². The third-order valence-electron chi connectivity index (χ3n) is 7.09. The number of para-hydroxylation sites is 1. The third kappa shape index (κ3) is 4.65. The minimum Gasteiger partial charge on any atom is -0.497 e.